The molecule has 0 aromatic heterocycles. The lowest BCUT2D eigenvalue weighted by atomic mass is 10.2. The van der Waals surface area contributed by atoms with Crippen LogP contribution in [0.4, 0.5) is 0 Å². The lowest BCUT2D eigenvalue weighted by Crippen LogP contribution is -2.24. The second-order valence-corrected chi connectivity index (χ2v) is 4.06. The quantitative estimate of drug-likeness (QED) is 0.704. The van der Waals surface area contributed by atoms with Gasteiger partial charge in [-0.15, -0.1) is 0 Å². The molecule has 1 aliphatic heterocycles. The van der Waals surface area contributed by atoms with E-state index in [2.05, 4.69) is 5.32 Å². The summed E-state index contributed by atoms with van der Waals surface area (Å²) in [6.45, 7) is 2.43. The normalized spacial score (nSPS) is 14.8. The van der Waals surface area contributed by atoms with Gasteiger partial charge in [0.25, 0.3) is 0 Å². The Morgan fingerprint density at radius 1 is 1.14 bits per heavy atom. The van der Waals surface area contributed by atoms with E-state index in [9.17, 15) is 0 Å². The molecule has 0 unspecified atom stereocenters. The molecule has 2 rings (SSSR count). The number of rotatable bonds is 0. The van der Waals surface area contributed by atoms with Gasteiger partial charge in [-0.2, -0.15) is 17.0 Å². The summed E-state index contributed by atoms with van der Waals surface area (Å²) >= 11 is 2.03. The predicted molar refractivity (Wildman–Crippen MR) is 61.4 cm³/mol. The van der Waals surface area contributed by atoms with E-state index in [0.29, 0.717) is 5.56 Å². The molecule has 0 radical (unpaired) electrons. The molecule has 0 saturated carbocycles. The van der Waals surface area contributed by atoms with Gasteiger partial charge in [0.1, 0.15) is 0 Å². The van der Waals surface area contributed by atoms with Crippen LogP contribution >= 0.6 is 11.8 Å². The standard InChI is InChI=1S/C7H5N.C4H9NS/c8-6-7-4-2-1-3-5-7;1-3-6-4-2-5-1/h1-5H;5H,1-4H2. The van der Waals surface area contributed by atoms with Crippen molar-refractivity contribution in [3.05, 3.63) is 35.9 Å². The molecule has 0 aliphatic carbocycles. The van der Waals surface area contributed by atoms with Crippen molar-refractivity contribution >= 4 is 11.8 Å². The highest BCUT2D eigenvalue weighted by atomic mass is 32.2. The van der Waals surface area contributed by atoms with Crippen LogP contribution in [-0.4, -0.2) is 24.6 Å². The Balaban J connectivity index is 0.000000146. The third kappa shape index (κ3) is 4.90. The number of nitrogens with one attached hydrogen (secondary N) is 1. The molecule has 2 nitrogen and oxygen atoms in total. The number of hydrogen-bond acceptors (Lipinski definition) is 3. The molecule has 0 amide bonds. The minimum atomic E-state index is 0.715. The van der Waals surface area contributed by atoms with Crippen LogP contribution in [0.3, 0.4) is 0 Å². The summed E-state index contributed by atoms with van der Waals surface area (Å²) in [5.74, 6) is 2.61. The van der Waals surface area contributed by atoms with Crippen LogP contribution in [0.2, 0.25) is 0 Å². The van der Waals surface area contributed by atoms with Gasteiger partial charge in [-0.25, -0.2) is 0 Å². The van der Waals surface area contributed by atoms with Gasteiger partial charge in [0, 0.05) is 24.6 Å². The molecule has 0 spiro atoms. The van der Waals surface area contributed by atoms with Crippen molar-refractivity contribution in [1.82, 2.24) is 5.32 Å². The van der Waals surface area contributed by atoms with E-state index >= 15 is 0 Å². The molecule has 0 bridgehead atoms. The van der Waals surface area contributed by atoms with Crippen molar-refractivity contribution in [2.75, 3.05) is 24.6 Å². The van der Waals surface area contributed by atoms with Crippen molar-refractivity contribution in [3.8, 4) is 6.07 Å². The van der Waals surface area contributed by atoms with E-state index in [0.717, 1.165) is 0 Å². The monoisotopic (exact) mass is 206 g/mol. The van der Waals surface area contributed by atoms with E-state index in [1.165, 1.54) is 24.6 Å². The lowest BCUT2D eigenvalue weighted by molar-refractivity contribution is 0.756. The molecule has 1 saturated heterocycles. The van der Waals surface area contributed by atoms with Gasteiger partial charge in [0.15, 0.2) is 0 Å². The van der Waals surface area contributed by atoms with Crippen molar-refractivity contribution in [1.29, 1.82) is 5.26 Å². The molecule has 1 heterocycles. The maximum Gasteiger partial charge on any atom is 0.0991 e. The molecule has 1 aromatic carbocycles. The number of nitrogens with zero attached hydrogens (tertiary/aromatic N) is 1. The Morgan fingerprint density at radius 3 is 2.07 bits per heavy atom. The summed E-state index contributed by atoms with van der Waals surface area (Å²) in [5.41, 5.74) is 0.715. The zero-order valence-electron chi connectivity index (χ0n) is 8.07. The molecule has 1 N–H and O–H groups in total. The van der Waals surface area contributed by atoms with Gasteiger partial charge in [-0.3, -0.25) is 0 Å². The minimum absolute atomic E-state index is 0.715. The Bertz CT molecular complexity index is 264. The maximum absolute atomic E-state index is 8.29. The summed E-state index contributed by atoms with van der Waals surface area (Å²) < 4.78 is 0. The Kier molecular flexibility index (Phi) is 5.89. The average molecular weight is 206 g/mol. The first-order valence-corrected chi connectivity index (χ1v) is 5.82. The summed E-state index contributed by atoms with van der Waals surface area (Å²) in [6, 6.07) is 11.2. The minimum Gasteiger partial charge on any atom is -0.315 e. The molecule has 1 aromatic rings. The Morgan fingerprint density at radius 2 is 1.79 bits per heavy atom. The van der Waals surface area contributed by atoms with Crippen LogP contribution in [-0.2, 0) is 0 Å². The van der Waals surface area contributed by atoms with E-state index < -0.39 is 0 Å². The van der Waals surface area contributed by atoms with Gasteiger partial charge in [0.2, 0.25) is 0 Å². The highest BCUT2D eigenvalue weighted by Crippen LogP contribution is 1.99. The van der Waals surface area contributed by atoms with Gasteiger partial charge >= 0.3 is 0 Å². The van der Waals surface area contributed by atoms with Crippen LogP contribution in [0.25, 0.3) is 0 Å². The number of thioether (sulfide) groups is 1. The summed E-state index contributed by atoms with van der Waals surface area (Å²) in [6.07, 6.45) is 0. The van der Waals surface area contributed by atoms with Crippen molar-refractivity contribution < 1.29 is 0 Å². The highest BCUT2D eigenvalue weighted by molar-refractivity contribution is 7.99. The van der Waals surface area contributed by atoms with Crippen molar-refractivity contribution in [2.24, 2.45) is 0 Å². The van der Waals surface area contributed by atoms with Gasteiger partial charge in [0.05, 0.1) is 11.6 Å². The first-order valence-electron chi connectivity index (χ1n) is 4.67. The van der Waals surface area contributed by atoms with E-state index in [1.807, 2.05) is 36.0 Å². The smallest absolute Gasteiger partial charge is 0.0991 e. The second-order valence-electron chi connectivity index (χ2n) is 2.84. The summed E-state index contributed by atoms with van der Waals surface area (Å²) in [5, 5.41) is 11.6. The lowest BCUT2D eigenvalue weighted by Gasteiger charge is -2.08. The molecule has 1 fully saturated rings. The zero-order chi connectivity index (χ0) is 10.1. The Hall–Kier alpha value is -0.980. The fraction of sp³-hybridized carbons (Fsp3) is 0.364. The third-order valence-electron chi connectivity index (χ3n) is 1.75. The molecule has 1 aliphatic rings. The predicted octanol–water partition coefficient (Wildman–Crippen LogP) is 1.88. The second kappa shape index (κ2) is 7.43. The topological polar surface area (TPSA) is 35.8 Å². The van der Waals surface area contributed by atoms with Crippen LogP contribution in [0, 0.1) is 11.3 Å². The van der Waals surface area contributed by atoms with Crippen LogP contribution in [0.1, 0.15) is 5.56 Å². The van der Waals surface area contributed by atoms with E-state index in [-0.39, 0.29) is 0 Å². The highest BCUT2D eigenvalue weighted by Gasteiger charge is 1.93. The molecule has 3 heteroatoms. The van der Waals surface area contributed by atoms with Gasteiger partial charge in [-0.1, -0.05) is 18.2 Å². The van der Waals surface area contributed by atoms with Gasteiger partial charge in [-0.05, 0) is 12.1 Å². The van der Waals surface area contributed by atoms with E-state index in [4.69, 9.17) is 5.26 Å². The number of nitriles is 1. The van der Waals surface area contributed by atoms with E-state index in [1.54, 1.807) is 12.1 Å². The van der Waals surface area contributed by atoms with Crippen molar-refractivity contribution in [2.45, 2.75) is 0 Å². The number of hydrogen-bond donors (Lipinski definition) is 1. The Labute approximate surface area is 89.3 Å². The molecule has 0 atom stereocenters. The number of benzene rings is 1. The van der Waals surface area contributed by atoms with Crippen LogP contribution < -0.4 is 5.32 Å². The largest absolute Gasteiger partial charge is 0.315 e. The summed E-state index contributed by atoms with van der Waals surface area (Å²) in [7, 11) is 0. The van der Waals surface area contributed by atoms with Gasteiger partial charge < -0.3 is 5.32 Å². The van der Waals surface area contributed by atoms with Crippen LogP contribution in [0.5, 0.6) is 0 Å². The summed E-state index contributed by atoms with van der Waals surface area (Å²) in [4.78, 5) is 0. The fourth-order valence-corrected chi connectivity index (χ4v) is 1.81. The SMILES string of the molecule is C1CSCCN1.N#Cc1ccccc1. The molecular weight excluding hydrogens is 192 g/mol. The average Bonchev–Trinajstić information content (AvgIpc) is 2.33. The maximum atomic E-state index is 8.29. The molecule has 14 heavy (non-hydrogen) atoms. The van der Waals surface area contributed by atoms with Crippen molar-refractivity contribution in [3.63, 3.8) is 0 Å². The molecular formula is C11H14N2S. The van der Waals surface area contributed by atoms with Crippen LogP contribution in [0.15, 0.2) is 30.3 Å². The zero-order valence-corrected chi connectivity index (χ0v) is 8.89. The molecule has 74 valence electrons. The first kappa shape index (κ1) is 11.1. The fourth-order valence-electron chi connectivity index (χ4n) is 1.03. The third-order valence-corrected chi connectivity index (χ3v) is 2.73. The first-order chi connectivity index (χ1) is 6.93.